The molecule has 3 heterocycles. The van der Waals surface area contributed by atoms with Crippen LogP contribution in [-0.2, 0) is 19.1 Å². The van der Waals surface area contributed by atoms with Crippen LogP contribution in [0.5, 0.6) is 5.75 Å². The maximum Gasteiger partial charge on any atom is 0.351 e. The van der Waals surface area contributed by atoms with E-state index in [4.69, 9.17) is 19.9 Å². The number of hydrogen-bond donors (Lipinski definition) is 1. The fourth-order valence-corrected chi connectivity index (χ4v) is 4.73. The largest absolute Gasteiger partial charge is 0.475 e. The fourth-order valence-electron chi connectivity index (χ4n) is 3.62. The van der Waals surface area contributed by atoms with Crippen LogP contribution < -0.4 is 15.4 Å². The molecule has 10 heteroatoms. The van der Waals surface area contributed by atoms with Crippen LogP contribution in [0.4, 0.5) is 11.4 Å². The molecule has 1 atom stereocenters. The Balaban J connectivity index is 1.53. The number of hydrogen-bond acceptors (Lipinski definition) is 9. The number of aryl methyl sites for hydroxylation is 2. The Morgan fingerprint density at radius 3 is 2.78 bits per heavy atom. The van der Waals surface area contributed by atoms with Gasteiger partial charge < -0.3 is 24.8 Å². The predicted molar refractivity (Wildman–Crippen MR) is 119 cm³/mol. The molecule has 1 unspecified atom stereocenters. The molecule has 1 amide bonds. The van der Waals surface area contributed by atoms with Crippen LogP contribution >= 0.6 is 11.3 Å². The van der Waals surface area contributed by atoms with Gasteiger partial charge in [-0.2, -0.15) is 0 Å². The summed E-state index contributed by atoms with van der Waals surface area (Å²) in [7, 11) is 1.24. The molecular formula is C22H21N3O6S. The number of para-hydroxylation sites is 2. The normalized spacial score (nSPS) is 15.1. The summed E-state index contributed by atoms with van der Waals surface area (Å²) in [5.74, 6) is -1.46. The second-order valence-corrected chi connectivity index (χ2v) is 8.28. The first-order valence-electron chi connectivity index (χ1n) is 9.77. The van der Waals surface area contributed by atoms with Crippen molar-refractivity contribution in [3.8, 4) is 5.75 Å². The summed E-state index contributed by atoms with van der Waals surface area (Å²) in [6.07, 6.45) is -0.981. The van der Waals surface area contributed by atoms with Gasteiger partial charge in [-0.1, -0.05) is 12.1 Å². The maximum absolute atomic E-state index is 12.9. The molecule has 0 radical (unpaired) electrons. The molecule has 1 aromatic carbocycles. The van der Waals surface area contributed by atoms with E-state index in [9.17, 15) is 14.4 Å². The van der Waals surface area contributed by atoms with Crippen molar-refractivity contribution in [2.75, 3.05) is 30.9 Å². The van der Waals surface area contributed by atoms with Crippen LogP contribution in [0.2, 0.25) is 0 Å². The molecule has 4 rings (SSSR count). The van der Waals surface area contributed by atoms with Crippen LogP contribution in [0, 0.1) is 13.8 Å². The molecule has 0 saturated heterocycles. The molecule has 0 spiro atoms. The summed E-state index contributed by atoms with van der Waals surface area (Å²) in [6, 6.07) is 8.68. The van der Waals surface area contributed by atoms with E-state index in [0.29, 0.717) is 21.7 Å². The third-order valence-corrected chi connectivity index (χ3v) is 6.15. The minimum absolute atomic E-state index is 0.0620. The Morgan fingerprint density at radius 1 is 1.28 bits per heavy atom. The lowest BCUT2D eigenvalue weighted by Crippen LogP contribution is -2.48. The molecule has 0 aliphatic carbocycles. The van der Waals surface area contributed by atoms with E-state index in [1.165, 1.54) is 12.0 Å². The van der Waals surface area contributed by atoms with E-state index >= 15 is 0 Å². The molecule has 0 fully saturated rings. The van der Waals surface area contributed by atoms with Gasteiger partial charge in [-0.15, -0.1) is 11.3 Å². The number of ether oxygens (including phenoxy) is 3. The lowest BCUT2D eigenvalue weighted by Gasteiger charge is -2.33. The van der Waals surface area contributed by atoms with Crippen molar-refractivity contribution in [2.45, 2.75) is 20.0 Å². The topological polar surface area (TPSA) is 121 Å². The Bertz CT molecular complexity index is 1240. The number of nitrogens with zero attached hydrogens (tertiary/aromatic N) is 2. The number of anilines is 2. The van der Waals surface area contributed by atoms with Crippen molar-refractivity contribution in [1.82, 2.24) is 4.98 Å². The SMILES string of the molecule is COC(=O)C1CN(C(=O)COC(=O)c2sc3nc(C)cc(C)c3c2N)c2ccccc2O1. The molecule has 0 saturated carbocycles. The Hall–Kier alpha value is -3.66. The standard InChI is InChI=1S/C22H21N3O6S/c1-11-8-12(2)24-20-17(11)18(23)19(32-20)22(28)30-10-16(26)25-9-15(21(27)29-3)31-14-7-5-4-6-13(14)25/h4-8,15H,9-10,23H2,1-3H3. The monoisotopic (exact) mass is 455 g/mol. The fraction of sp³-hybridized carbons (Fsp3) is 0.273. The van der Waals surface area contributed by atoms with E-state index in [2.05, 4.69) is 4.98 Å². The Labute approximate surface area is 187 Å². The minimum Gasteiger partial charge on any atom is -0.475 e. The van der Waals surface area contributed by atoms with E-state index in [-0.39, 0.29) is 17.1 Å². The molecule has 0 bridgehead atoms. The van der Waals surface area contributed by atoms with Crippen molar-refractivity contribution in [3.63, 3.8) is 0 Å². The highest BCUT2D eigenvalue weighted by atomic mass is 32.1. The highest BCUT2D eigenvalue weighted by Gasteiger charge is 2.35. The number of aromatic nitrogens is 1. The smallest absolute Gasteiger partial charge is 0.351 e. The average Bonchev–Trinajstić information content (AvgIpc) is 3.12. The molecular weight excluding hydrogens is 434 g/mol. The molecule has 2 N–H and O–H groups in total. The van der Waals surface area contributed by atoms with Gasteiger partial charge in [-0.25, -0.2) is 14.6 Å². The summed E-state index contributed by atoms with van der Waals surface area (Å²) in [5.41, 5.74) is 8.67. The van der Waals surface area contributed by atoms with E-state index in [0.717, 1.165) is 22.6 Å². The summed E-state index contributed by atoms with van der Waals surface area (Å²) in [4.78, 5) is 44.2. The second kappa shape index (κ2) is 8.46. The third-order valence-electron chi connectivity index (χ3n) is 5.08. The van der Waals surface area contributed by atoms with E-state index in [1.54, 1.807) is 24.3 Å². The van der Waals surface area contributed by atoms with Crippen molar-refractivity contribution >= 4 is 50.8 Å². The lowest BCUT2D eigenvalue weighted by atomic mass is 10.1. The molecule has 1 aliphatic heterocycles. The molecule has 166 valence electrons. The van der Waals surface area contributed by atoms with Crippen molar-refractivity contribution in [2.24, 2.45) is 0 Å². The maximum atomic E-state index is 12.9. The molecule has 1 aliphatic rings. The van der Waals surface area contributed by atoms with Gasteiger partial charge in [0.05, 0.1) is 25.0 Å². The first kappa shape index (κ1) is 21.6. The van der Waals surface area contributed by atoms with Crippen molar-refractivity contribution in [1.29, 1.82) is 0 Å². The number of nitrogens with two attached hydrogens (primary N) is 1. The van der Waals surface area contributed by atoms with Crippen LogP contribution in [0.25, 0.3) is 10.2 Å². The number of pyridine rings is 1. The number of amides is 1. The lowest BCUT2D eigenvalue weighted by molar-refractivity contribution is -0.148. The van der Waals surface area contributed by atoms with Gasteiger partial charge in [0.1, 0.15) is 15.5 Å². The highest BCUT2D eigenvalue weighted by Crippen LogP contribution is 2.36. The van der Waals surface area contributed by atoms with Crippen LogP contribution in [-0.4, -0.2) is 49.2 Å². The first-order chi connectivity index (χ1) is 15.3. The van der Waals surface area contributed by atoms with Gasteiger partial charge >= 0.3 is 11.9 Å². The van der Waals surface area contributed by atoms with Gasteiger partial charge in [0.2, 0.25) is 6.10 Å². The number of carbonyl (C=O) groups excluding carboxylic acids is 3. The second-order valence-electron chi connectivity index (χ2n) is 7.28. The number of thiophene rings is 1. The van der Waals surface area contributed by atoms with Crippen LogP contribution in [0.3, 0.4) is 0 Å². The molecule has 9 nitrogen and oxygen atoms in total. The Morgan fingerprint density at radius 2 is 2.03 bits per heavy atom. The number of nitrogen functional groups attached to an aromatic ring is 1. The quantitative estimate of drug-likeness (QED) is 0.596. The molecule has 2 aromatic heterocycles. The third kappa shape index (κ3) is 3.84. The van der Waals surface area contributed by atoms with Crippen molar-refractivity contribution < 1.29 is 28.6 Å². The number of benzene rings is 1. The zero-order chi connectivity index (χ0) is 23.0. The summed E-state index contributed by atoms with van der Waals surface area (Å²) in [5, 5.41) is 0.710. The van der Waals surface area contributed by atoms with Crippen LogP contribution in [0.15, 0.2) is 30.3 Å². The van der Waals surface area contributed by atoms with E-state index < -0.39 is 30.6 Å². The zero-order valence-corrected chi connectivity index (χ0v) is 18.5. The van der Waals surface area contributed by atoms with Crippen molar-refractivity contribution in [3.05, 3.63) is 46.5 Å². The predicted octanol–water partition coefficient (Wildman–Crippen LogP) is 2.62. The van der Waals surface area contributed by atoms with E-state index in [1.807, 2.05) is 19.9 Å². The van der Waals surface area contributed by atoms with Gasteiger partial charge in [0.25, 0.3) is 5.91 Å². The average molecular weight is 455 g/mol. The number of fused-ring (bicyclic) bond motifs is 2. The Kier molecular flexibility index (Phi) is 5.70. The molecule has 3 aromatic rings. The number of esters is 2. The van der Waals surface area contributed by atoms with Gasteiger partial charge in [0, 0.05) is 11.1 Å². The minimum atomic E-state index is -0.981. The zero-order valence-electron chi connectivity index (χ0n) is 17.7. The number of rotatable bonds is 4. The summed E-state index contributed by atoms with van der Waals surface area (Å²) in [6.45, 7) is 3.17. The highest BCUT2D eigenvalue weighted by molar-refractivity contribution is 7.21. The van der Waals surface area contributed by atoms with Crippen LogP contribution in [0.1, 0.15) is 20.9 Å². The van der Waals surface area contributed by atoms with Gasteiger partial charge in [-0.05, 0) is 37.6 Å². The summed E-state index contributed by atoms with van der Waals surface area (Å²) >= 11 is 1.13. The van der Waals surface area contributed by atoms with Gasteiger partial charge in [0.15, 0.2) is 6.61 Å². The number of methoxy groups -OCH3 is 1. The molecule has 32 heavy (non-hydrogen) atoms. The summed E-state index contributed by atoms with van der Waals surface area (Å²) < 4.78 is 15.7. The first-order valence-corrected chi connectivity index (χ1v) is 10.6. The van der Waals surface area contributed by atoms with Gasteiger partial charge in [-0.3, -0.25) is 4.79 Å². The number of carbonyl (C=O) groups is 3.